The molecule has 0 bridgehead atoms. The third-order valence-electron chi connectivity index (χ3n) is 4.06. The van der Waals surface area contributed by atoms with E-state index in [1.54, 1.807) is 17.7 Å². The highest BCUT2D eigenvalue weighted by atomic mass is 35.5. The summed E-state index contributed by atoms with van der Waals surface area (Å²) in [7, 11) is 0. The molecule has 0 aliphatic carbocycles. The fraction of sp³-hybridized carbons (Fsp3) is 0.158. The van der Waals surface area contributed by atoms with Crippen molar-refractivity contribution in [1.29, 1.82) is 0 Å². The Labute approximate surface area is 160 Å². The minimum absolute atomic E-state index is 0.00270. The molecule has 0 saturated heterocycles. The van der Waals surface area contributed by atoms with Crippen molar-refractivity contribution < 1.29 is 9.18 Å². The van der Waals surface area contributed by atoms with Gasteiger partial charge < -0.3 is 5.32 Å². The van der Waals surface area contributed by atoms with E-state index >= 15 is 0 Å². The minimum atomic E-state index is -0.590. The van der Waals surface area contributed by atoms with E-state index in [0.29, 0.717) is 34.2 Å². The van der Waals surface area contributed by atoms with E-state index in [1.807, 2.05) is 31.2 Å². The number of aryl methyl sites for hydroxylation is 1. The molecule has 0 radical (unpaired) electrons. The highest BCUT2D eigenvalue weighted by molar-refractivity contribution is 6.31. The van der Waals surface area contributed by atoms with Crippen LogP contribution in [-0.4, -0.2) is 15.7 Å². The maximum Gasteiger partial charge on any atom is 0.259 e. The van der Waals surface area contributed by atoms with Crippen molar-refractivity contribution in [3.05, 3.63) is 80.8 Å². The number of nitrogens with zero attached hydrogens (tertiary/aromatic N) is 2. The number of hydrogen-bond donors (Lipinski definition) is 1. The summed E-state index contributed by atoms with van der Waals surface area (Å²) in [5.74, 6) is -0.945. The summed E-state index contributed by atoms with van der Waals surface area (Å²) in [6.45, 7) is 4.02. The Balaban J connectivity index is 1.86. The van der Waals surface area contributed by atoms with Gasteiger partial charge in [0, 0.05) is 16.4 Å². The fourth-order valence-electron chi connectivity index (χ4n) is 2.73. The van der Waals surface area contributed by atoms with Crippen molar-refractivity contribution in [3.63, 3.8) is 0 Å². The number of nitrogens with one attached hydrogen (secondary N) is 1. The van der Waals surface area contributed by atoms with Crippen LogP contribution in [-0.2, 0) is 6.54 Å². The van der Waals surface area contributed by atoms with Crippen LogP contribution in [0.4, 0.5) is 10.1 Å². The Hall–Kier alpha value is -2.37. The topological polar surface area (TPSA) is 46.9 Å². The lowest BCUT2D eigenvalue weighted by atomic mass is 10.1. The van der Waals surface area contributed by atoms with Gasteiger partial charge in [0.15, 0.2) is 0 Å². The SMILES string of the molecule is Cc1nn(Cc2ccccc2Cl)c(C)c1C(=O)Nc1ccc(Cl)c(F)c1. The first-order chi connectivity index (χ1) is 12.4. The number of halogens is 3. The quantitative estimate of drug-likeness (QED) is 0.660. The molecule has 0 atom stereocenters. The number of amides is 1. The first kappa shape index (κ1) is 18.4. The number of carbonyl (C=O) groups is 1. The average molecular weight is 392 g/mol. The highest BCUT2D eigenvalue weighted by Crippen LogP contribution is 2.22. The monoisotopic (exact) mass is 391 g/mol. The van der Waals surface area contributed by atoms with Gasteiger partial charge in [0.25, 0.3) is 5.91 Å². The van der Waals surface area contributed by atoms with Gasteiger partial charge in [-0.25, -0.2) is 4.39 Å². The number of anilines is 1. The molecule has 0 unspecified atom stereocenters. The molecule has 2 aromatic carbocycles. The molecule has 0 fully saturated rings. The predicted octanol–water partition coefficient (Wildman–Crippen LogP) is 5.25. The second-order valence-corrected chi connectivity index (χ2v) is 6.69. The number of carbonyl (C=O) groups excluding carboxylic acids is 1. The van der Waals surface area contributed by atoms with Crippen LogP contribution < -0.4 is 5.32 Å². The summed E-state index contributed by atoms with van der Waals surface area (Å²) in [5.41, 5.74) is 2.98. The van der Waals surface area contributed by atoms with E-state index in [-0.39, 0.29) is 10.9 Å². The molecule has 7 heteroatoms. The molecule has 26 heavy (non-hydrogen) atoms. The Kier molecular flexibility index (Phi) is 5.30. The maximum atomic E-state index is 13.6. The van der Waals surface area contributed by atoms with Gasteiger partial charge in [0.05, 0.1) is 22.8 Å². The van der Waals surface area contributed by atoms with Crippen LogP contribution in [0.3, 0.4) is 0 Å². The van der Waals surface area contributed by atoms with E-state index in [4.69, 9.17) is 23.2 Å². The van der Waals surface area contributed by atoms with Crippen LogP contribution in [0.25, 0.3) is 0 Å². The Morgan fingerprint density at radius 1 is 1.15 bits per heavy atom. The van der Waals surface area contributed by atoms with Gasteiger partial charge in [-0.3, -0.25) is 9.48 Å². The molecule has 3 rings (SSSR count). The maximum absolute atomic E-state index is 13.6. The molecule has 1 amide bonds. The average Bonchev–Trinajstić information content (AvgIpc) is 2.87. The first-order valence-corrected chi connectivity index (χ1v) is 8.66. The summed E-state index contributed by atoms with van der Waals surface area (Å²) in [5, 5.41) is 7.77. The molecule has 3 aromatic rings. The lowest BCUT2D eigenvalue weighted by Crippen LogP contribution is -2.14. The fourth-order valence-corrected chi connectivity index (χ4v) is 3.05. The van der Waals surface area contributed by atoms with Gasteiger partial charge in [-0.2, -0.15) is 5.10 Å². The molecule has 4 nitrogen and oxygen atoms in total. The predicted molar refractivity (Wildman–Crippen MR) is 102 cm³/mol. The Morgan fingerprint density at radius 2 is 1.88 bits per heavy atom. The largest absolute Gasteiger partial charge is 0.322 e. The highest BCUT2D eigenvalue weighted by Gasteiger charge is 2.19. The number of aromatic nitrogens is 2. The summed E-state index contributed by atoms with van der Waals surface area (Å²) >= 11 is 11.9. The third-order valence-corrected chi connectivity index (χ3v) is 4.74. The van der Waals surface area contributed by atoms with E-state index < -0.39 is 5.82 Å². The van der Waals surface area contributed by atoms with Crippen molar-refractivity contribution in [2.75, 3.05) is 5.32 Å². The normalized spacial score (nSPS) is 10.8. The van der Waals surface area contributed by atoms with Crippen molar-refractivity contribution in [1.82, 2.24) is 9.78 Å². The summed E-state index contributed by atoms with van der Waals surface area (Å²) in [4.78, 5) is 12.6. The molecule has 0 saturated carbocycles. The number of rotatable bonds is 4. The second-order valence-electron chi connectivity index (χ2n) is 5.88. The third kappa shape index (κ3) is 3.74. The molecule has 0 aliphatic heterocycles. The molecule has 134 valence electrons. The summed E-state index contributed by atoms with van der Waals surface area (Å²) < 4.78 is 15.3. The molecule has 0 spiro atoms. The zero-order valence-corrected chi connectivity index (χ0v) is 15.7. The standard InChI is InChI=1S/C19H16Cl2FN3O/c1-11-18(19(26)23-14-7-8-16(21)17(22)9-14)12(2)25(24-11)10-13-5-3-4-6-15(13)20/h3-9H,10H2,1-2H3,(H,23,26). The Morgan fingerprint density at radius 3 is 2.58 bits per heavy atom. The van der Waals surface area contributed by atoms with Crippen LogP contribution >= 0.6 is 23.2 Å². The van der Waals surface area contributed by atoms with E-state index in [2.05, 4.69) is 10.4 Å². The van der Waals surface area contributed by atoms with Gasteiger partial charge in [-0.05, 0) is 43.7 Å². The summed E-state index contributed by atoms with van der Waals surface area (Å²) in [6.07, 6.45) is 0. The van der Waals surface area contributed by atoms with E-state index in [9.17, 15) is 9.18 Å². The van der Waals surface area contributed by atoms with Crippen molar-refractivity contribution in [2.45, 2.75) is 20.4 Å². The minimum Gasteiger partial charge on any atom is -0.322 e. The molecule has 0 aliphatic rings. The van der Waals surface area contributed by atoms with Crippen LogP contribution in [0, 0.1) is 19.7 Å². The van der Waals surface area contributed by atoms with E-state index in [1.165, 1.54) is 12.1 Å². The van der Waals surface area contributed by atoms with Crippen molar-refractivity contribution >= 4 is 34.8 Å². The number of hydrogen-bond acceptors (Lipinski definition) is 2. The lowest BCUT2D eigenvalue weighted by molar-refractivity contribution is 0.102. The van der Waals surface area contributed by atoms with Crippen molar-refractivity contribution in [3.8, 4) is 0 Å². The zero-order chi connectivity index (χ0) is 18.8. The van der Waals surface area contributed by atoms with Crippen LogP contribution in [0.5, 0.6) is 0 Å². The van der Waals surface area contributed by atoms with Crippen LogP contribution in [0.15, 0.2) is 42.5 Å². The smallest absolute Gasteiger partial charge is 0.259 e. The van der Waals surface area contributed by atoms with Gasteiger partial charge in [-0.15, -0.1) is 0 Å². The second kappa shape index (κ2) is 7.48. The van der Waals surface area contributed by atoms with E-state index in [0.717, 1.165) is 5.56 Å². The molecule has 1 N–H and O–H groups in total. The van der Waals surface area contributed by atoms with Gasteiger partial charge in [0.2, 0.25) is 0 Å². The molecule has 1 heterocycles. The summed E-state index contributed by atoms with van der Waals surface area (Å²) in [6, 6.07) is 11.6. The Bertz CT molecular complexity index is 985. The number of benzene rings is 2. The van der Waals surface area contributed by atoms with Gasteiger partial charge in [0.1, 0.15) is 5.82 Å². The van der Waals surface area contributed by atoms with Crippen LogP contribution in [0.2, 0.25) is 10.0 Å². The zero-order valence-electron chi connectivity index (χ0n) is 14.2. The van der Waals surface area contributed by atoms with Crippen molar-refractivity contribution in [2.24, 2.45) is 0 Å². The lowest BCUT2D eigenvalue weighted by Gasteiger charge is -2.08. The molecular formula is C19H16Cl2FN3O. The molecular weight excluding hydrogens is 376 g/mol. The van der Waals surface area contributed by atoms with Crippen LogP contribution in [0.1, 0.15) is 27.3 Å². The van der Waals surface area contributed by atoms with Gasteiger partial charge >= 0.3 is 0 Å². The first-order valence-electron chi connectivity index (χ1n) is 7.90. The molecule has 1 aromatic heterocycles. The van der Waals surface area contributed by atoms with Gasteiger partial charge in [-0.1, -0.05) is 41.4 Å².